The number of hydrogen-bond donors (Lipinski definition) is 2. The number of hydrogen-bond acceptors (Lipinski definition) is 10. The molecule has 12 heteroatoms. The van der Waals surface area contributed by atoms with E-state index in [0.717, 1.165) is 16.8 Å². The Labute approximate surface area is 241 Å². The molecule has 2 heterocycles. The molecule has 0 atom stereocenters. The van der Waals surface area contributed by atoms with Crippen LogP contribution in [0.5, 0.6) is 11.5 Å². The Kier molecular flexibility index (Phi) is 9.12. The third kappa shape index (κ3) is 7.29. The molecule has 0 bridgehead atoms. The second kappa shape index (κ2) is 13.3. The molecular formula is C28H27Cl2N7O3. The number of anilines is 4. The van der Waals surface area contributed by atoms with Crippen LogP contribution in [-0.4, -0.2) is 54.6 Å². The molecule has 0 spiro atoms. The van der Waals surface area contributed by atoms with Crippen molar-refractivity contribution in [2.75, 3.05) is 49.1 Å². The summed E-state index contributed by atoms with van der Waals surface area (Å²) >= 11 is 12.2. The van der Waals surface area contributed by atoms with Crippen LogP contribution in [0.15, 0.2) is 71.8 Å². The highest BCUT2D eigenvalue weighted by Crippen LogP contribution is 2.30. The molecule has 1 aliphatic heterocycles. The third-order valence-corrected chi connectivity index (χ3v) is 6.50. The van der Waals surface area contributed by atoms with E-state index in [0.29, 0.717) is 65.7 Å². The summed E-state index contributed by atoms with van der Waals surface area (Å²) in [5.41, 5.74) is 5.39. The number of halogens is 2. The number of aromatic nitrogens is 3. The van der Waals surface area contributed by atoms with Gasteiger partial charge in [-0.3, -0.25) is 0 Å². The van der Waals surface area contributed by atoms with Crippen molar-refractivity contribution in [3.05, 3.63) is 87.9 Å². The largest absolute Gasteiger partial charge is 0.493 e. The first-order valence-corrected chi connectivity index (χ1v) is 13.3. The summed E-state index contributed by atoms with van der Waals surface area (Å²) in [6.07, 6.45) is 1.64. The van der Waals surface area contributed by atoms with Crippen molar-refractivity contribution in [3.8, 4) is 11.5 Å². The van der Waals surface area contributed by atoms with Gasteiger partial charge in [-0.25, -0.2) is 5.43 Å². The van der Waals surface area contributed by atoms with Gasteiger partial charge >= 0.3 is 0 Å². The standard InChI is InChI=1S/C28H27Cl2N7O3/c1-38-25-15-19(7-10-24(25)40-18-20-8-9-21(29)16-23(20)30)17-31-36-27-33-26(32-22-5-3-2-4-6-22)34-28(35-27)37-11-13-39-14-12-37/h2-10,15-17H,11-14,18H2,1H3,(H2,32,33,34,35,36)/b31-17+. The van der Waals surface area contributed by atoms with E-state index >= 15 is 0 Å². The van der Waals surface area contributed by atoms with Crippen molar-refractivity contribution in [2.24, 2.45) is 5.10 Å². The molecule has 40 heavy (non-hydrogen) atoms. The second-order valence-corrected chi connectivity index (χ2v) is 9.52. The Morgan fingerprint density at radius 2 is 1.75 bits per heavy atom. The molecule has 3 aromatic carbocycles. The Morgan fingerprint density at radius 1 is 0.950 bits per heavy atom. The van der Waals surface area contributed by atoms with Crippen LogP contribution in [0.1, 0.15) is 11.1 Å². The number of nitrogens with zero attached hydrogens (tertiary/aromatic N) is 5. The third-order valence-electron chi connectivity index (χ3n) is 5.91. The second-order valence-electron chi connectivity index (χ2n) is 8.68. The van der Waals surface area contributed by atoms with Crippen LogP contribution in [0.2, 0.25) is 10.0 Å². The Hall–Kier alpha value is -4.12. The zero-order chi connectivity index (χ0) is 27.7. The van der Waals surface area contributed by atoms with E-state index in [2.05, 4.69) is 35.7 Å². The van der Waals surface area contributed by atoms with Crippen molar-refractivity contribution in [2.45, 2.75) is 6.61 Å². The highest BCUT2D eigenvalue weighted by atomic mass is 35.5. The van der Waals surface area contributed by atoms with Gasteiger partial charge in [-0.05, 0) is 48.0 Å². The minimum absolute atomic E-state index is 0.269. The number of morpholine rings is 1. The highest BCUT2D eigenvalue weighted by Gasteiger charge is 2.17. The molecule has 1 aliphatic rings. The summed E-state index contributed by atoms with van der Waals surface area (Å²) in [4.78, 5) is 15.7. The molecule has 0 amide bonds. The lowest BCUT2D eigenvalue weighted by atomic mass is 10.2. The molecule has 1 aromatic heterocycles. The lowest BCUT2D eigenvalue weighted by Gasteiger charge is -2.27. The van der Waals surface area contributed by atoms with Crippen molar-refractivity contribution < 1.29 is 14.2 Å². The van der Waals surface area contributed by atoms with Crippen molar-refractivity contribution in [3.63, 3.8) is 0 Å². The first-order valence-electron chi connectivity index (χ1n) is 12.5. The summed E-state index contributed by atoms with van der Waals surface area (Å²) in [5.74, 6) is 2.38. The van der Waals surface area contributed by atoms with E-state index in [1.807, 2.05) is 54.6 Å². The molecule has 206 valence electrons. The normalized spacial score (nSPS) is 13.3. The molecule has 4 aromatic rings. The summed E-state index contributed by atoms with van der Waals surface area (Å²) in [7, 11) is 1.58. The maximum absolute atomic E-state index is 6.26. The topological polar surface area (TPSA) is 106 Å². The van der Waals surface area contributed by atoms with Crippen LogP contribution in [0.25, 0.3) is 0 Å². The summed E-state index contributed by atoms with van der Waals surface area (Å²) in [6, 6.07) is 20.5. The van der Waals surface area contributed by atoms with Crippen LogP contribution in [-0.2, 0) is 11.3 Å². The Morgan fingerprint density at radius 3 is 2.52 bits per heavy atom. The SMILES string of the molecule is COc1cc(/C=N/Nc2nc(Nc3ccccc3)nc(N3CCOCC3)n2)ccc1OCc1ccc(Cl)cc1Cl. The number of para-hydroxylation sites is 1. The maximum atomic E-state index is 6.26. The van der Waals surface area contributed by atoms with Crippen LogP contribution in [0, 0.1) is 0 Å². The maximum Gasteiger partial charge on any atom is 0.250 e. The number of benzene rings is 3. The Bertz CT molecular complexity index is 1470. The number of rotatable bonds is 10. The van der Waals surface area contributed by atoms with Gasteiger partial charge in [0.05, 0.1) is 26.5 Å². The number of nitrogens with one attached hydrogen (secondary N) is 2. The lowest BCUT2D eigenvalue weighted by Crippen LogP contribution is -2.37. The monoisotopic (exact) mass is 579 g/mol. The van der Waals surface area contributed by atoms with E-state index in [1.54, 1.807) is 25.5 Å². The van der Waals surface area contributed by atoms with E-state index in [-0.39, 0.29) is 6.61 Å². The number of methoxy groups -OCH3 is 1. The summed E-state index contributed by atoms with van der Waals surface area (Å²) in [5, 5.41) is 8.68. The van der Waals surface area contributed by atoms with Gasteiger partial charge in [-0.2, -0.15) is 20.1 Å². The van der Waals surface area contributed by atoms with Gasteiger partial charge in [0.2, 0.25) is 17.8 Å². The number of ether oxygens (including phenoxy) is 3. The zero-order valence-electron chi connectivity index (χ0n) is 21.7. The number of hydrazone groups is 1. The molecule has 1 fully saturated rings. The molecule has 2 N–H and O–H groups in total. The van der Waals surface area contributed by atoms with Crippen LogP contribution >= 0.6 is 23.2 Å². The average molecular weight is 580 g/mol. The fourth-order valence-electron chi connectivity index (χ4n) is 3.87. The van der Waals surface area contributed by atoms with Crippen molar-refractivity contribution in [1.29, 1.82) is 0 Å². The van der Waals surface area contributed by atoms with E-state index < -0.39 is 0 Å². The summed E-state index contributed by atoms with van der Waals surface area (Å²) < 4.78 is 16.9. The first-order chi connectivity index (χ1) is 19.6. The molecule has 0 aliphatic carbocycles. The Balaban J connectivity index is 1.29. The predicted octanol–water partition coefficient (Wildman–Crippen LogP) is 5.79. The lowest BCUT2D eigenvalue weighted by molar-refractivity contribution is 0.122. The minimum atomic E-state index is 0.269. The molecule has 5 rings (SSSR count). The van der Waals surface area contributed by atoms with Crippen LogP contribution in [0.3, 0.4) is 0 Å². The van der Waals surface area contributed by atoms with Gasteiger partial charge in [-0.1, -0.05) is 47.5 Å². The molecule has 0 unspecified atom stereocenters. The molecule has 0 saturated carbocycles. The van der Waals surface area contributed by atoms with Gasteiger partial charge in [0.15, 0.2) is 11.5 Å². The van der Waals surface area contributed by atoms with Gasteiger partial charge in [-0.15, -0.1) is 0 Å². The van der Waals surface area contributed by atoms with Crippen LogP contribution in [0.4, 0.5) is 23.5 Å². The van der Waals surface area contributed by atoms with Crippen LogP contribution < -0.4 is 25.1 Å². The smallest absolute Gasteiger partial charge is 0.250 e. The molecule has 1 saturated heterocycles. The summed E-state index contributed by atoms with van der Waals surface area (Å²) in [6.45, 7) is 2.88. The van der Waals surface area contributed by atoms with Gasteiger partial charge < -0.3 is 24.4 Å². The first kappa shape index (κ1) is 27.4. The zero-order valence-corrected chi connectivity index (χ0v) is 23.2. The quantitative estimate of drug-likeness (QED) is 0.178. The van der Waals surface area contributed by atoms with Gasteiger partial charge in [0, 0.05) is 34.4 Å². The predicted molar refractivity (Wildman–Crippen MR) is 158 cm³/mol. The van der Waals surface area contributed by atoms with Crippen molar-refractivity contribution in [1.82, 2.24) is 15.0 Å². The van der Waals surface area contributed by atoms with Gasteiger partial charge in [0.1, 0.15) is 6.61 Å². The molecule has 10 nitrogen and oxygen atoms in total. The van der Waals surface area contributed by atoms with E-state index in [1.165, 1.54) is 0 Å². The molecular weight excluding hydrogens is 553 g/mol. The average Bonchev–Trinajstić information content (AvgIpc) is 2.98. The fourth-order valence-corrected chi connectivity index (χ4v) is 4.33. The minimum Gasteiger partial charge on any atom is -0.493 e. The van der Waals surface area contributed by atoms with Crippen molar-refractivity contribution >= 4 is 52.9 Å². The fraction of sp³-hybridized carbons (Fsp3) is 0.214. The van der Waals surface area contributed by atoms with E-state index in [9.17, 15) is 0 Å². The molecule has 0 radical (unpaired) electrons. The highest BCUT2D eigenvalue weighted by molar-refractivity contribution is 6.35. The van der Waals surface area contributed by atoms with E-state index in [4.69, 9.17) is 37.4 Å². The van der Waals surface area contributed by atoms with Gasteiger partial charge in [0.25, 0.3) is 0 Å².